The van der Waals surface area contributed by atoms with Gasteiger partial charge in [0.05, 0.1) is 25.0 Å². The SMILES string of the molecule is CC(c1ccccc1)N(C)C(=O)CSc1nnc(N2CCOCC2)s1. The maximum absolute atomic E-state index is 12.5. The summed E-state index contributed by atoms with van der Waals surface area (Å²) in [6.07, 6.45) is 0. The molecule has 3 rings (SSSR count). The average Bonchev–Trinajstić information content (AvgIpc) is 3.15. The molecule has 1 saturated heterocycles. The number of thioether (sulfide) groups is 1. The summed E-state index contributed by atoms with van der Waals surface area (Å²) < 4.78 is 6.18. The Bertz CT molecular complexity index is 689. The quantitative estimate of drug-likeness (QED) is 0.721. The monoisotopic (exact) mass is 378 g/mol. The Hall–Kier alpha value is -1.64. The second-order valence-electron chi connectivity index (χ2n) is 5.83. The lowest BCUT2D eigenvalue weighted by Gasteiger charge is -2.25. The summed E-state index contributed by atoms with van der Waals surface area (Å²) in [5, 5.41) is 9.35. The van der Waals surface area contributed by atoms with Crippen LogP contribution in [0.5, 0.6) is 0 Å². The van der Waals surface area contributed by atoms with Gasteiger partial charge in [0.25, 0.3) is 0 Å². The van der Waals surface area contributed by atoms with E-state index in [1.54, 1.807) is 4.90 Å². The molecule has 1 aliphatic heterocycles. The summed E-state index contributed by atoms with van der Waals surface area (Å²) in [6.45, 7) is 5.18. The highest BCUT2D eigenvalue weighted by Gasteiger charge is 2.19. The van der Waals surface area contributed by atoms with Crippen molar-refractivity contribution in [2.75, 3.05) is 44.0 Å². The van der Waals surface area contributed by atoms with E-state index in [1.165, 1.54) is 23.1 Å². The molecule has 1 aromatic heterocycles. The molecule has 1 aliphatic rings. The van der Waals surface area contributed by atoms with Crippen LogP contribution in [-0.4, -0.2) is 60.1 Å². The molecule has 8 heteroatoms. The lowest BCUT2D eigenvalue weighted by atomic mass is 10.1. The van der Waals surface area contributed by atoms with E-state index in [2.05, 4.69) is 15.1 Å². The Labute approximate surface area is 156 Å². The molecular weight excluding hydrogens is 356 g/mol. The van der Waals surface area contributed by atoms with Crippen LogP contribution >= 0.6 is 23.1 Å². The van der Waals surface area contributed by atoms with Gasteiger partial charge in [0, 0.05) is 20.1 Å². The fourth-order valence-electron chi connectivity index (χ4n) is 2.54. The van der Waals surface area contributed by atoms with Crippen LogP contribution in [0.4, 0.5) is 5.13 Å². The van der Waals surface area contributed by atoms with Gasteiger partial charge in [-0.15, -0.1) is 10.2 Å². The predicted octanol–water partition coefficient (Wildman–Crippen LogP) is 2.69. The first-order chi connectivity index (χ1) is 12.1. The van der Waals surface area contributed by atoms with Crippen molar-refractivity contribution in [3.63, 3.8) is 0 Å². The van der Waals surface area contributed by atoms with E-state index in [0.717, 1.165) is 41.3 Å². The number of benzene rings is 1. The third-order valence-corrected chi connectivity index (χ3v) is 6.35. The first kappa shape index (κ1) is 18.2. The molecule has 0 aliphatic carbocycles. The molecule has 1 fully saturated rings. The molecular formula is C17H22N4O2S2. The fraction of sp³-hybridized carbons (Fsp3) is 0.471. The van der Waals surface area contributed by atoms with Crippen molar-refractivity contribution in [3.05, 3.63) is 35.9 Å². The second kappa shape index (κ2) is 8.64. The summed E-state index contributed by atoms with van der Waals surface area (Å²) in [6, 6.07) is 10.1. The summed E-state index contributed by atoms with van der Waals surface area (Å²) in [4.78, 5) is 16.4. The van der Waals surface area contributed by atoms with Crippen molar-refractivity contribution in [1.82, 2.24) is 15.1 Å². The largest absolute Gasteiger partial charge is 0.378 e. The van der Waals surface area contributed by atoms with Crippen LogP contribution in [0.2, 0.25) is 0 Å². The van der Waals surface area contributed by atoms with Crippen LogP contribution in [-0.2, 0) is 9.53 Å². The zero-order valence-corrected chi connectivity index (χ0v) is 16.1. The third-order valence-electron chi connectivity index (χ3n) is 4.25. The van der Waals surface area contributed by atoms with Crippen molar-refractivity contribution in [2.45, 2.75) is 17.3 Å². The zero-order valence-electron chi connectivity index (χ0n) is 14.4. The van der Waals surface area contributed by atoms with Gasteiger partial charge in [0.2, 0.25) is 11.0 Å². The smallest absolute Gasteiger partial charge is 0.233 e. The number of hydrogen-bond acceptors (Lipinski definition) is 7. The first-order valence-corrected chi connectivity index (χ1v) is 10.0. The van der Waals surface area contributed by atoms with Crippen molar-refractivity contribution in [3.8, 4) is 0 Å². The Morgan fingerprint density at radius 1 is 1.32 bits per heavy atom. The highest BCUT2D eigenvalue weighted by Crippen LogP contribution is 2.29. The Morgan fingerprint density at radius 3 is 2.76 bits per heavy atom. The van der Waals surface area contributed by atoms with Crippen LogP contribution in [0.3, 0.4) is 0 Å². The molecule has 1 aromatic carbocycles. The van der Waals surface area contributed by atoms with Crippen molar-refractivity contribution in [2.24, 2.45) is 0 Å². The molecule has 0 N–H and O–H groups in total. The maximum atomic E-state index is 12.5. The van der Waals surface area contributed by atoms with Gasteiger partial charge >= 0.3 is 0 Å². The van der Waals surface area contributed by atoms with E-state index in [9.17, 15) is 4.79 Å². The fourth-order valence-corrected chi connectivity index (χ4v) is 4.36. The number of anilines is 1. The standard InChI is InChI=1S/C17H22N4O2S2/c1-13(14-6-4-3-5-7-14)20(2)15(22)12-24-17-19-18-16(25-17)21-8-10-23-11-9-21/h3-7,13H,8-12H2,1-2H3. The molecule has 1 atom stereocenters. The van der Waals surface area contributed by atoms with Crippen LogP contribution in [0.1, 0.15) is 18.5 Å². The van der Waals surface area contributed by atoms with E-state index < -0.39 is 0 Å². The second-order valence-corrected chi connectivity index (χ2v) is 8.01. The highest BCUT2D eigenvalue weighted by atomic mass is 32.2. The van der Waals surface area contributed by atoms with E-state index in [1.807, 2.05) is 44.3 Å². The number of amides is 1. The molecule has 1 amide bonds. The number of rotatable bonds is 6. The summed E-state index contributed by atoms with van der Waals surface area (Å²) in [7, 11) is 1.85. The summed E-state index contributed by atoms with van der Waals surface area (Å²) >= 11 is 2.99. The number of carbonyl (C=O) groups is 1. The molecule has 6 nitrogen and oxygen atoms in total. The van der Waals surface area contributed by atoms with E-state index in [4.69, 9.17) is 4.74 Å². The van der Waals surface area contributed by atoms with Gasteiger partial charge in [-0.05, 0) is 12.5 Å². The van der Waals surface area contributed by atoms with Gasteiger partial charge in [-0.2, -0.15) is 0 Å². The minimum atomic E-state index is 0.0487. The van der Waals surface area contributed by atoms with Gasteiger partial charge in [-0.1, -0.05) is 53.4 Å². The molecule has 0 bridgehead atoms. The highest BCUT2D eigenvalue weighted by molar-refractivity contribution is 8.01. The molecule has 134 valence electrons. The van der Waals surface area contributed by atoms with Gasteiger partial charge in [0.15, 0.2) is 4.34 Å². The van der Waals surface area contributed by atoms with Crippen LogP contribution < -0.4 is 4.90 Å². The van der Waals surface area contributed by atoms with Crippen molar-refractivity contribution in [1.29, 1.82) is 0 Å². The van der Waals surface area contributed by atoms with Gasteiger partial charge < -0.3 is 14.5 Å². The Morgan fingerprint density at radius 2 is 2.04 bits per heavy atom. The average molecular weight is 379 g/mol. The summed E-state index contributed by atoms with van der Waals surface area (Å²) in [5.41, 5.74) is 1.13. The van der Waals surface area contributed by atoms with Crippen molar-refractivity contribution >= 4 is 34.1 Å². The lowest BCUT2D eigenvalue weighted by Crippen LogP contribution is -2.36. The molecule has 0 saturated carbocycles. The third kappa shape index (κ3) is 4.71. The summed E-state index contributed by atoms with van der Waals surface area (Å²) in [5.74, 6) is 0.454. The van der Waals surface area contributed by atoms with Crippen LogP contribution in [0.15, 0.2) is 34.7 Å². The van der Waals surface area contributed by atoms with Gasteiger partial charge in [-0.25, -0.2) is 0 Å². The normalized spacial score (nSPS) is 15.8. The van der Waals surface area contributed by atoms with E-state index in [-0.39, 0.29) is 11.9 Å². The minimum absolute atomic E-state index is 0.0487. The number of aromatic nitrogens is 2. The van der Waals surface area contributed by atoms with Gasteiger partial charge in [0.1, 0.15) is 0 Å². The number of hydrogen-bond donors (Lipinski definition) is 0. The Balaban J connectivity index is 1.52. The molecule has 0 spiro atoms. The topological polar surface area (TPSA) is 58.6 Å². The number of carbonyl (C=O) groups excluding carboxylic acids is 1. The number of nitrogens with zero attached hydrogens (tertiary/aromatic N) is 4. The van der Waals surface area contributed by atoms with Crippen LogP contribution in [0, 0.1) is 0 Å². The molecule has 2 heterocycles. The van der Waals surface area contributed by atoms with Gasteiger partial charge in [-0.3, -0.25) is 4.79 Å². The molecule has 0 radical (unpaired) electrons. The van der Waals surface area contributed by atoms with Crippen molar-refractivity contribution < 1.29 is 9.53 Å². The number of ether oxygens (including phenoxy) is 1. The first-order valence-electron chi connectivity index (χ1n) is 8.25. The minimum Gasteiger partial charge on any atom is -0.378 e. The lowest BCUT2D eigenvalue weighted by molar-refractivity contribution is -0.128. The van der Waals surface area contributed by atoms with E-state index in [0.29, 0.717) is 5.75 Å². The van der Waals surface area contributed by atoms with E-state index >= 15 is 0 Å². The molecule has 1 unspecified atom stereocenters. The Kier molecular flexibility index (Phi) is 6.28. The molecule has 2 aromatic rings. The maximum Gasteiger partial charge on any atom is 0.233 e. The number of morpholine rings is 1. The molecule has 25 heavy (non-hydrogen) atoms. The zero-order chi connectivity index (χ0) is 17.6. The predicted molar refractivity (Wildman–Crippen MR) is 101 cm³/mol. The van der Waals surface area contributed by atoms with Crippen LogP contribution in [0.25, 0.3) is 0 Å².